The monoisotopic (exact) mass is 321 g/mol. The van der Waals surface area contributed by atoms with Gasteiger partial charge in [0.1, 0.15) is 0 Å². The molecule has 6 nitrogen and oxygen atoms in total. The molecule has 2 fully saturated rings. The van der Waals surface area contributed by atoms with Crippen molar-refractivity contribution in [2.24, 2.45) is 7.05 Å². The Kier molecular flexibility index (Phi) is 4.73. The van der Waals surface area contributed by atoms with Crippen LogP contribution in [0.2, 0.25) is 0 Å². The van der Waals surface area contributed by atoms with Gasteiger partial charge < -0.3 is 14.4 Å². The molecule has 6 heteroatoms. The molecule has 1 aromatic rings. The number of amides is 1. The van der Waals surface area contributed by atoms with Crippen LogP contribution in [0.5, 0.6) is 0 Å². The predicted octanol–water partition coefficient (Wildman–Crippen LogP) is 1.54. The number of ether oxygens (including phenoxy) is 2. The zero-order valence-electron chi connectivity index (χ0n) is 14.3. The Morgan fingerprint density at radius 1 is 1.43 bits per heavy atom. The number of nitrogens with zero attached hydrogens (tertiary/aromatic N) is 3. The van der Waals surface area contributed by atoms with Gasteiger partial charge in [0.05, 0.1) is 30.4 Å². The normalized spacial score (nSPS) is 26.3. The summed E-state index contributed by atoms with van der Waals surface area (Å²) in [6.45, 7) is 0.766. The van der Waals surface area contributed by atoms with Gasteiger partial charge in [-0.05, 0) is 37.7 Å². The van der Waals surface area contributed by atoms with Crippen molar-refractivity contribution in [1.29, 1.82) is 0 Å². The number of carbonyl (C=O) groups is 1. The van der Waals surface area contributed by atoms with E-state index in [2.05, 4.69) is 5.10 Å². The molecular weight excluding hydrogens is 294 g/mol. The standard InChI is InChI=1S/C17H27N3O3/c1-19-12-13(11-18-19)9-14-15(22-2)5-8-20(14)16(21)10-17(23-3)6-4-7-17/h11-12,14-15H,4-10H2,1-3H3/t14-,15-/m0/s1. The minimum absolute atomic E-state index is 0.0886. The molecule has 3 rings (SSSR count). The summed E-state index contributed by atoms with van der Waals surface area (Å²) in [5.41, 5.74) is 0.922. The lowest BCUT2D eigenvalue weighted by Crippen LogP contribution is -2.48. The van der Waals surface area contributed by atoms with E-state index in [0.29, 0.717) is 6.42 Å². The first-order chi connectivity index (χ1) is 11.1. The maximum Gasteiger partial charge on any atom is 0.225 e. The Labute approximate surface area is 137 Å². The SMILES string of the molecule is CO[C@H]1CCN(C(=O)CC2(OC)CCC2)[C@H]1Cc1cnn(C)c1. The van der Waals surface area contributed by atoms with Gasteiger partial charge in [0.2, 0.25) is 5.91 Å². The Balaban J connectivity index is 1.70. The molecule has 1 aliphatic heterocycles. The van der Waals surface area contributed by atoms with E-state index in [1.165, 1.54) is 0 Å². The number of hydrogen-bond donors (Lipinski definition) is 0. The first-order valence-corrected chi connectivity index (χ1v) is 8.42. The molecule has 1 aromatic heterocycles. The van der Waals surface area contributed by atoms with Crippen LogP contribution in [0, 0.1) is 0 Å². The van der Waals surface area contributed by atoms with Crippen molar-refractivity contribution in [2.45, 2.75) is 56.3 Å². The largest absolute Gasteiger partial charge is 0.379 e. The van der Waals surface area contributed by atoms with Crippen molar-refractivity contribution in [3.8, 4) is 0 Å². The molecule has 128 valence electrons. The van der Waals surface area contributed by atoms with Gasteiger partial charge in [0.25, 0.3) is 0 Å². The van der Waals surface area contributed by atoms with Crippen molar-refractivity contribution < 1.29 is 14.3 Å². The van der Waals surface area contributed by atoms with Crippen LogP contribution < -0.4 is 0 Å². The Hall–Kier alpha value is -1.40. The third-order valence-corrected chi connectivity index (χ3v) is 5.48. The highest BCUT2D eigenvalue weighted by molar-refractivity contribution is 5.78. The van der Waals surface area contributed by atoms with Gasteiger partial charge in [0.15, 0.2) is 0 Å². The summed E-state index contributed by atoms with van der Waals surface area (Å²) in [6, 6.07) is 0.0886. The first kappa shape index (κ1) is 16.5. The fourth-order valence-corrected chi connectivity index (χ4v) is 3.87. The minimum Gasteiger partial charge on any atom is -0.379 e. The molecule has 0 unspecified atom stereocenters. The van der Waals surface area contributed by atoms with E-state index >= 15 is 0 Å². The van der Waals surface area contributed by atoms with Crippen LogP contribution in [-0.4, -0.2) is 59.1 Å². The highest BCUT2D eigenvalue weighted by atomic mass is 16.5. The van der Waals surface area contributed by atoms with Crippen LogP contribution in [-0.2, 0) is 27.7 Å². The van der Waals surface area contributed by atoms with E-state index in [1.54, 1.807) is 18.9 Å². The molecule has 1 saturated carbocycles. The smallest absolute Gasteiger partial charge is 0.225 e. The molecule has 0 N–H and O–H groups in total. The molecule has 2 atom stereocenters. The second-order valence-corrected chi connectivity index (χ2v) is 6.86. The maximum absolute atomic E-state index is 12.8. The average Bonchev–Trinajstić information content (AvgIpc) is 3.09. The average molecular weight is 321 g/mol. The molecule has 0 spiro atoms. The molecule has 2 heterocycles. The molecule has 23 heavy (non-hydrogen) atoms. The second kappa shape index (κ2) is 6.61. The van der Waals surface area contributed by atoms with Crippen molar-refractivity contribution in [1.82, 2.24) is 14.7 Å². The highest BCUT2D eigenvalue weighted by Gasteiger charge is 2.43. The number of hydrogen-bond acceptors (Lipinski definition) is 4. The summed E-state index contributed by atoms with van der Waals surface area (Å²) in [5.74, 6) is 0.194. The summed E-state index contributed by atoms with van der Waals surface area (Å²) >= 11 is 0. The van der Waals surface area contributed by atoms with E-state index in [0.717, 1.165) is 44.2 Å². The minimum atomic E-state index is -0.221. The molecule has 0 radical (unpaired) electrons. The summed E-state index contributed by atoms with van der Waals surface area (Å²) < 4.78 is 13.0. The zero-order chi connectivity index (χ0) is 16.4. The summed E-state index contributed by atoms with van der Waals surface area (Å²) in [4.78, 5) is 14.8. The van der Waals surface area contributed by atoms with Gasteiger partial charge >= 0.3 is 0 Å². The van der Waals surface area contributed by atoms with Gasteiger partial charge in [-0.2, -0.15) is 5.10 Å². The highest BCUT2D eigenvalue weighted by Crippen LogP contribution is 2.39. The van der Waals surface area contributed by atoms with Crippen LogP contribution in [0.4, 0.5) is 0 Å². The number of aryl methyl sites for hydroxylation is 1. The summed E-state index contributed by atoms with van der Waals surface area (Å²) in [6.07, 6.45) is 9.29. The lowest BCUT2D eigenvalue weighted by molar-refractivity contribution is -0.145. The number of rotatable bonds is 6. The van der Waals surface area contributed by atoms with Crippen LogP contribution in [0.1, 0.15) is 37.7 Å². The van der Waals surface area contributed by atoms with Gasteiger partial charge in [-0.1, -0.05) is 0 Å². The lowest BCUT2D eigenvalue weighted by Gasteiger charge is -2.41. The van der Waals surface area contributed by atoms with Gasteiger partial charge in [0, 0.05) is 34.0 Å². The van der Waals surface area contributed by atoms with Crippen LogP contribution in [0.3, 0.4) is 0 Å². The lowest BCUT2D eigenvalue weighted by atomic mass is 9.77. The van der Waals surface area contributed by atoms with E-state index in [1.807, 2.05) is 24.3 Å². The quantitative estimate of drug-likeness (QED) is 0.797. The molecule has 2 aliphatic rings. The predicted molar refractivity (Wildman–Crippen MR) is 86.0 cm³/mol. The Morgan fingerprint density at radius 2 is 2.22 bits per heavy atom. The van der Waals surface area contributed by atoms with Gasteiger partial charge in [-0.15, -0.1) is 0 Å². The van der Waals surface area contributed by atoms with E-state index in [-0.39, 0.29) is 23.7 Å². The van der Waals surface area contributed by atoms with E-state index in [9.17, 15) is 4.79 Å². The molecular formula is C17H27N3O3. The maximum atomic E-state index is 12.8. The fraction of sp³-hybridized carbons (Fsp3) is 0.765. The third kappa shape index (κ3) is 3.28. The van der Waals surface area contributed by atoms with Gasteiger partial charge in [-0.25, -0.2) is 0 Å². The second-order valence-electron chi connectivity index (χ2n) is 6.86. The van der Waals surface area contributed by atoms with Crippen molar-refractivity contribution in [3.05, 3.63) is 18.0 Å². The van der Waals surface area contributed by atoms with Crippen LogP contribution in [0.25, 0.3) is 0 Å². The molecule has 1 aliphatic carbocycles. The van der Waals surface area contributed by atoms with Crippen LogP contribution >= 0.6 is 0 Å². The van der Waals surface area contributed by atoms with Crippen molar-refractivity contribution >= 4 is 5.91 Å². The van der Waals surface area contributed by atoms with Crippen molar-refractivity contribution in [3.63, 3.8) is 0 Å². The van der Waals surface area contributed by atoms with Crippen molar-refractivity contribution in [2.75, 3.05) is 20.8 Å². The summed E-state index contributed by atoms with van der Waals surface area (Å²) in [5, 5.41) is 4.23. The van der Waals surface area contributed by atoms with Gasteiger partial charge in [-0.3, -0.25) is 9.48 Å². The number of carbonyl (C=O) groups excluding carboxylic acids is 1. The number of aromatic nitrogens is 2. The van der Waals surface area contributed by atoms with E-state index < -0.39 is 0 Å². The molecule has 0 aromatic carbocycles. The van der Waals surface area contributed by atoms with E-state index in [4.69, 9.17) is 9.47 Å². The fourth-order valence-electron chi connectivity index (χ4n) is 3.87. The Bertz CT molecular complexity index is 548. The molecule has 1 amide bonds. The molecule has 0 bridgehead atoms. The zero-order valence-corrected chi connectivity index (χ0v) is 14.3. The topological polar surface area (TPSA) is 56.6 Å². The summed E-state index contributed by atoms with van der Waals surface area (Å²) in [7, 11) is 5.37. The number of likely N-dealkylation sites (tertiary alicyclic amines) is 1. The number of methoxy groups -OCH3 is 2. The Morgan fingerprint density at radius 3 is 2.74 bits per heavy atom. The van der Waals surface area contributed by atoms with Crippen LogP contribution in [0.15, 0.2) is 12.4 Å². The third-order valence-electron chi connectivity index (χ3n) is 5.48. The molecule has 1 saturated heterocycles. The first-order valence-electron chi connectivity index (χ1n) is 8.42.